The zero-order chi connectivity index (χ0) is 13.2. The van der Waals surface area contributed by atoms with Crippen LogP contribution in [0.2, 0.25) is 0 Å². The fraction of sp³-hybridized carbons (Fsp3) is 0.200. The van der Waals surface area contributed by atoms with E-state index in [0.717, 1.165) is 5.52 Å². The first kappa shape index (κ1) is 11.9. The molecule has 0 fully saturated rings. The predicted molar refractivity (Wildman–Crippen MR) is 75.1 cm³/mol. The van der Waals surface area contributed by atoms with E-state index in [0.29, 0.717) is 0 Å². The highest BCUT2D eigenvalue weighted by molar-refractivity contribution is 5.57. The smallest absolute Gasteiger partial charge is 0.0712 e. The molecule has 1 N–H and O–H groups in total. The fourth-order valence-electron chi connectivity index (χ4n) is 2.43. The van der Waals surface area contributed by atoms with Crippen molar-refractivity contribution in [2.24, 2.45) is 0 Å². The van der Waals surface area contributed by atoms with Crippen molar-refractivity contribution >= 4 is 5.52 Å². The third-order valence-electron chi connectivity index (χ3n) is 3.45. The molecule has 3 heterocycles. The van der Waals surface area contributed by atoms with Gasteiger partial charge in [0.1, 0.15) is 0 Å². The van der Waals surface area contributed by atoms with Gasteiger partial charge in [-0.1, -0.05) is 6.07 Å². The second-order valence-corrected chi connectivity index (χ2v) is 4.58. The number of nitrogens with one attached hydrogen (secondary N) is 1. The Balaban J connectivity index is 2.15. The molecule has 19 heavy (non-hydrogen) atoms. The van der Waals surface area contributed by atoms with E-state index in [1.54, 1.807) is 0 Å². The van der Waals surface area contributed by atoms with Gasteiger partial charge in [0.25, 0.3) is 0 Å². The van der Waals surface area contributed by atoms with Gasteiger partial charge in [0.05, 0.1) is 17.8 Å². The summed E-state index contributed by atoms with van der Waals surface area (Å²) in [5.41, 5.74) is 4.69. The van der Waals surface area contributed by atoms with Crippen LogP contribution < -0.4 is 5.32 Å². The van der Waals surface area contributed by atoms with Gasteiger partial charge < -0.3 is 5.32 Å². The lowest BCUT2D eigenvalue weighted by molar-refractivity contribution is 0.689. The number of aryl methyl sites for hydroxylation is 1. The van der Waals surface area contributed by atoms with Crippen molar-refractivity contribution in [2.45, 2.75) is 13.0 Å². The Labute approximate surface area is 112 Å². The van der Waals surface area contributed by atoms with Gasteiger partial charge in [0.15, 0.2) is 0 Å². The zero-order valence-corrected chi connectivity index (χ0v) is 11.0. The summed E-state index contributed by atoms with van der Waals surface area (Å²) in [4.78, 5) is 4.24. The first-order valence-electron chi connectivity index (χ1n) is 6.31. The van der Waals surface area contributed by atoms with E-state index in [2.05, 4.69) is 28.4 Å². The van der Waals surface area contributed by atoms with Gasteiger partial charge in [-0.25, -0.2) is 4.52 Å². The number of aromatic nitrogens is 3. The van der Waals surface area contributed by atoms with Gasteiger partial charge in [0, 0.05) is 24.2 Å². The van der Waals surface area contributed by atoms with Gasteiger partial charge in [-0.3, -0.25) is 4.98 Å². The molecule has 0 saturated carbocycles. The topological polar surface area (TPSA) is 42.2 Å². The lowest BCUT2D eigenvalue weighted by Crippen LogP contribution is -2.18. The van der Waals surface area contributed by atoms with E-state index in [1.807, 2.05) is 54.5 Å². The van der Waals surface area contributed by atoms with Crippen LogP contribution in [-0.4, -0.2) is 21.6 Å². The van der Waals surface area contributed by atoms with Crippen LogP contribution in [0.25, 0.3) is 5.52 Å². The Bertz CT molecular complexity index is 702. The van der Waals surface area contributed by atoms with Gasteiger partial charge in [-0.05, 0) is 43.3 Å². The average Bonchev–Trinajstić information content (AvgIpc) is 2.86. The molecule has 4 nitrogen and oxygen atoms in total. The summed E-state index contributed by atoms with van der Waals surface area (Å²) in [6.45, 7) is 2.10. The number of hydrogen-bond donors (Lipinski definition) is 1. The Morgan fingerprint density at radius 3 is 2.84 bits per heavy atom. The van der Waals surface area contributed by atoms with E-state index in [1.165, 1.54) is 16.7 Å². The van der Waals surface area contributed by atoms with E-state index in [-0.39, 0.29) is 6.04 Å². The highest BCUT2D eigenvalue weighted by Gasteiger charge is 2.18. The molecule has 0 spiro atoms. The molecule has 4 heteroatoms. The van der Waals surface area contributed by atoms with Gasteiger partial charge in [0.2, 0.25) is 0 Å². The van der Waals surface area contributed by atoms with Gasteiger partial charge >= 0.3 is 0 Å². The Morgan fingerprint density at radius 1 is 1.16 bits per heavy atom. The summed E-state index contributed by atoms with van der Waals surface area (Å²) in [5, 5.41) is 7.76. The standard InChI is InChI=1S/C15H16N4/c1-11-6-7-17-9-12(11)15(16-2)13-10-18-19-8-4-3-5-14(13)19/h3-10,15-16H,1-2H3. The van der Waals surface area contributed by atoms with Crippen molar-refractivity contribution < 1.29 is 0 Å². The minimum Gasteiger partial charge on any atom is -0.309 e. The van der Waals surface area contributed by atoms with Crippen molar-refractivity contribution in [2.75, 3.05) is 7.05 Å². The first-order chi connectivity index (χ1) is 9.31. The lowest BCUT2D eigenvalue weighted by atomic mass is 9.98. The van der Waals surface area contributed by atoms with Crippen LogP contribution in [0.4, 0.5) is 0 Å². The summed E-state index contributed by atoms with van der Waals surface area (Å²) < 4.78 is 1.89. The summed E-state index contributed by atoms with van der Waals surface area (Å²) in [5.74, 6) is 0. The van der Waals surface area contributed by atoms with Crippen LogP contribution in [0.5, 0.6) is 0 Å². The summed E-state index contributed by atoms with van der Waals surface area (Å²) in [6, 6.07) is 8.23. The molecule has 0 aliphatic heterocycles. The number of rotatable bonds is 3. The van der Waals surface area contributed by atoms with Crippen molar-refractivity contribution in [3.8, 4) is 0 Å². The molecule has 1 atom stereocenters. The van der Waals surface area contributed by atoms with Gasteiger partial charge in [-0.15, -0.1) is 0 Å². The van der Waals surface area contributed by atoms with Crippen LogP contribution in [0.1, 0.15) is 22.7 Å². The minimum absolute atomic E-state index is 0.105. The van der Waals surface area contributed by atoms with E-state index in [9.17, 15) is 0 Å². The fourth-order valence-corrected chi connectivity index (χ4v) is 2.43. The Hall–Kier alpha value is -2.20. The molecule has 96 valence electrons. The minimum atomic E-state index is 0.105. The molecule has 0 aliphatic rings. The molecule has 0 saturated heterocycles. The zero-order valence-electron chi connectivity index (χ0n) is 11.0. The molecule has 3 aromatic rings. The molecule has 0 aromatic carbocycles. The molecule has 0 bridgehead atoms. The monoisotopic (exact) mass is 252 g/mol. The van der Waals surface area contributed by atoms with Crippen LogP contribution in [0, 0.1) is 6.92 Å². The SMILES string of the molecule is CNC(c1cnccc1C)c1cnn2ccccc12. The maximum Gasteiger partial charge on any atom is 0.0712 e. The summed E-state index contributed by atoms with van der Waals surface area (Å²) in [6.07, 6.45) is 7.62. The molecule has 0 radical (unpaired) electrons. The first-order valence-corrected chi connectivity index (χ1v) is 6.31. The van der Waals surface area contributed by atoms with E-state index >= 15 is 0 Å². The van der Waals surface area contributed by atoms with Gasteiger partial charge in [-0.2, -0.15) is 5.10 Å². The largest absolute Gasteiger partial charge is 0.309 e. The van der Waals surface area contributed by atoms with Crippen molar-refractivity contribution in [1.29, 1.82) is 0 Å². The van der Waals surface area contributed by atoms with Crippen LogP contribution >= 0.6 is 0 Å². The third-order valence-corrected chi connectivity index (χ3v) is 3.45. The second-order valence-electron chi connectivity index (χ2n) is 4.58. The van der Waals surface area contributed by atoms with Crippen LogP contribution in [-0.2, 0) is 0 Å². The normalized spacial score (nSPS) is 12.7. The highest BCUT2D eigenvalue weighted by atomic mass is 15.2. The quantitative estimate of drug-likeness (QED) is 0.778. The Morgan fingerprint density at radius 2 is 2.05 bits per heavy atom. The number of hydrogen-bond acceptors (Lipinski definition) is 3. The maximum atomic E-state index is 4.40. The molecule has 3 aromatic heterocycles. The lowest BCUT2D eigenvalue weighted by Gasteiger charge is -2.17. The summed E-state index contributed by atoms with van der Waals surface area (Å²) in [7, 11) is 1.96. The Kier molecular flexibility index (Phi) is 3.01. The number of fused-ring (bicyclic) bond motifs is 1. The molecular weight excluding hydrogens is 236 g/mol. The number of pyridine rings is 2. The highest BCUT2D eigenvalue weighted by Crippen LogP contribution is 2.26. The molecule has 0 aliphatic carbocycles. The van der Waals surface area contributed by atoms with Crippen molar-refractivity contribution in [3.63, 3.8) is 0 Å². The number of nitrogens with zero attached hydrogens (tertiary/aromatic N) is 3. The molecule has 3 rings (SSSR count). The van der Waals surface area contributed by atoms with Crippen molar-refractivity contribution in [1.82, 2.24) is 19.9 Å². The van der Waals surface area contributed by atoms with Crippen LogP contribution in [0.3, 0.4) is 0 Å². The predicted octanol–water partition coefficient (Wildman–Crippen LogP) is 2.35. The van der Waals surface area contributed by atoms with E-state index < -0.39 is 0 Å². The van der Waals surface area contributed by atoms with Crippen molar-refractivity contribution in [3.05, 3.63) is 65.7 Å². The van der Waals surface area contributed by atoms with Crippen LogP contribution in [0.15, 0.2) is 49.1 Å². The molecular formula is C15H16N4. The summed E-state index contributed by atoms with van der Waals surface area (Å²) >= 11 is 0. The third kappa shape index (κ3) is 2.00. The van der Waals surface area contributed by atoms with E-state index in [4.69, 9.17) is 0 Å². The average molecular weight is 252 g/mol. The molecule has 1 unspecified atom stereocenters. The molecule has 0 amide bonds. The maximum absolute atomic E-state index is 4.40. The second kappa shape index (κ2) is 4.82.